The molecule has 0 bridgehead atoms. The number of benzene rings is 2. The van der Waals surface area contributed by atoms with E-state index in [1.165, 1.54) is 0 Å². The second-order valence-electron chi connectivity index (χ2n) is 6.35. The number of carbonyl (C=O) groups excluding carboxylic acids is 2. The van der Waals surface area contributed by atoms with Crippen molar-refractivity contribution in [2.75, 3.05) is 0 Å². The first-order valence-corrected chi connectivity index (χ1v) is 8.76. The molecule has 4 nitrogen and oxygen atoms in total. The summed E-state index contributed by atoms with van der Waals surface area (Å²) in [6, 6.07) is 6.88. The first kappa shape index (κ1) is 25.6. The van der Waals surface area contributed by atoms with Crippen LogP contribution in [0.15, 0.2) is 24.3 Å². The molecule has 0 aromatic heterocycles. The SMILES string of the molecule is CCc1c(C(=O)[O-])ccc(C)c1C.CCc1c(C(=O)[O-])ccc(C)c1C.[Ca+2]. The topological polar surface area (TPSA) is 80.3 Å². The quantitative estimate of drug-likeness (QED) is 0.744. The van der Waals surface area contributed by atoms with Crippen LogP contribution in [0.2, 0.25) is 0 Å². The number of hydrogen-bond acceptors (Lipinski definition) is 4. The van der Waals surface area contributed by atoms with Crippen molar-refractivity contribution in [3.05, 3.63) is 68.8 Å². The first-order chi connectivity index (χ1) is 12.1. The normalized spacial score (nSPS) is 9.70. The molecule has 27 heavy (non-hydrogen) atoms. The van der Waals surface area contributed by atoms with E-state index in [4.69, 9.17) is 0 Å². The molecule has 0 aliphatic rings. The maximum atomic E-state index is 10.7. The molecule has 0 N–H and O–H groups in total. The van der Waals surface area contributed by atoms with E-state index in [1.807, 2.05) is 53.7 Å². The molecule has 0 radical (unpaired) electrons. The van der Waals surface area contributed by atoms with Crippen molar-refractivity contribution in [2.45, 2.75) is 54.4 Å². The summed E-state index contributed by atoms with van der Waals surface area (Å²) in [5.41, 5.74) is 6.80. The monoisotopic (exact) mass is 394 g/mol. The van der Waals surface area contributed by atoms with E-state index in [0.717, 1.165) is 46.2 Å². The van der Waals surface area contributed by atoms with Crippen LogP contribution >= 0.6 is 0 Å². The standard InChI is InChI=1S/2C11H14O2.Ca/c2*1-4-9-8(3)7(2)5-6-10(9)11(12)13;/h2*5-6H,4H2,1-3H3,(H,12,13);/q;;+2/p-2. The third-order valence-electron chi connectivity index (χ3n) is 4.89. The molecule has 0 unspecified atom stereocenters. The van der Waals surface area contributed by atoms with Crippen LogP contribution in [0.25, 0.3) is 0 Å². The smallest absolute Gasteiger partial charge is 0.545 e. The molecule has 2 aromatic carbocycles. The molecule has 0 aliphatic heterocycles. The van der Waals surface area contributed by atoms with Gasteiger partial charge in [0.05, 0.1) is 11.9 Å². The number of carboxylic acids is 2. The van der Waals surface area contributed by atoms with Crippen LogP contribution in [-0.4, -0.2) is 49.7 Å². The summed E-state index contributed by atoms with van der Waals surface area (Å²) in [6.45, 7) is 11.8. The average molecular weight is 395 g/mol. The van der Waals surface area contributed by atoms with E-state index in [9.17, 15) is 19.8 Å². The molecule has 0 heterocycles. The maximum Gasteiger partial charge on any atom is 2.00 e. The van der Waals surface area contributed by atoms with Crippen molar-refractivity contribution in [2.24, 2.45) is 0 Å². The molecule has 2 aromatic rings. The van der Waals surface area contributed by atoms with Crippen molar-refractivity contribution >= 4 is 49.7 Å². The van der Waals surface area contributed by atoms with E-state index < -0.39 is 11.9 Å². The van der Waals surface area contributed by atoms with Gasteiger partial charge in [0.25, 0.3) is 0 Å². The van der Waals surface area contributed by atoms with Gasteiger partial charge in [-0.2, -0.15) is 0 Å². The molecule has 0 amide bonds. The van der Waals surface area contributed by atoms with Gasteiger partial charge in [-0.3, -0.25) is 0 Å². The fourth-order valence-electron chi connectivity index (χ4n) is 3.04. The Morgan fingerprint density at radius 2 is 1.00 bits per heavy atom. The molecule has 2 rings (SSSR count). The minimum atomic E-state index is -1.08. The Labute approximate surface area is 191 Å². The van der Waals surface area contributed by atoms with Crippen molar-refractivity contribution in [3.63, 3.8) is 0 Å². The fourth-order valence-corrected chi connectivity index (χ4v) is 3.04. The zero-order valence-electron chi connectivity index (χ0n) is 17.1. The van der Waals surface area contributed by atoms with Gasteiger partial charge in [0, 0.05) is 11.1 Å². The predicted octanol–water partition coefficient (Wildman–Crippen LogP) is 2.08. The Balaban J connectivity index is 0.000000483. The molecule has 140 valence electrons. The molecule has 0 aliphatic carbocycles. The molecule has 0 saturated carbocycles. The summed E-state index contributed by atoms with van der Waals surface area (Å²) in [6.07, 6.45) is 1.47. The summed E-state index contributed by atoms with van der Waals surface area (Å²) >= 11 is 0. The Morgan fingerprint density at radius 1 is 0.704 bits per heavy atom. The molecular formula is C22H26CaO4. The van der Waals surface area contributed by atoms with Gasteiger partial charge >= 0.3 is 37.7 Å². The zero-order valence-corrected chi connectivity index (χ0v) is 19.3. The second-order valence-corrected chi connectivity index (χ2v) is 6.35. The largest absolute Gasteiger partial charge is 2.00 e. The van der Waals surface area contributed by atoms with Crippen LogP contribution in [0, 0.1) is 27.7 Å². The Kier molecular flexibility index (Phi) is 10.9. The van der Waals surface area contributed by atoms with Gasteiger partial charge in [-0.1, -0.05) is 38.1 Å². The van der Waals surface area contributed by atoms with Gasteiger partial charge in [0.2, 0.25) is 0 Å². The summed E-state index contributed by atoms with van der Waals surface area (Å²) in [4.78, 5) is 21.5. The minimum Gasteiger partial charge on any atom is -0.545 e. The zero-order chi connectivity index (χ0) is 20.0. The van der Waals surface area contributed by atoms with E-state index in [1.54, 1.807) is 12.1 Å². The number of hydrogen-bond donors (Lipinski definition) is 0. The molecule has 0 spiro atoms. The van der Waals surface area contributed by atoms with Gasteiger partial charge in [-0.05, 0) is 73.9 Å². The van der Waals surface area contributed by atoms with E-state index >= 15 is 0 Å². The summed E-state index contributed by atoms with van der Waals surface area (Å²) < 4.78 is 0. The Hall–Kier alpha value is -1.36. The third-order valence-corrected chi connectivity index (χ3v) is 4.89. The number of aromatic carboxylic acids is 2. The van der Waals surface area contributed by atoms with Crippen LogP contribution in [0.5, 0.6) is 0 Å². The number of carboxylic acid groups (broad SMARTS) is 2. The third kappa shape index (κ3) is 6.34. The van der Waals surface area contributed by atoms with Crippen molar-refractivity contribution in [1.29, 1.82) is 0 Å². The van der Waals surface area contributed by atoms with Crippen LogP contribution in [0.3, 0.4) is 0 Å². The van der Waals surface area contributed by atoms with E-state index in [0.29, 0.717) is 11.1 Å². The Bertz CT molecular complexity index is 756. The van der Waals surface area contributed by atoms with Crippen LogP contribution < -0.4 is 10.2 Å². The summed E-state index contributed by atoms with van der Waals surface area (Å²) in [5, 5.41) is 21.5. The fraction of sp³-hybridized carbons (Fsp3) is 0.364. The average Bonchev–Trinajstić information content (AvgIpc) is 2.59. The number of carbonyl (C=O) groups is 2. The van der Waals surface area contributed by atoms with Crippen LogP contribution in [-0.2, 0) is 12.8 Å². The molecule has 5 heteroatoms. The van der Waals surface area contributed by atoms with E-state index in [2.05, 4.69) is 0 Å². The molecule has 0 saturated heterocycles. The van der Waals surface area contributed by atoms with Gasteiger partial charge in [-0.25, -0.2) is 0 Å². The van der Waals surface area contributed by atoms with Crippen molar-refractivity contribution < 1.29 is 19.8 Å². The molecule has 0 fully saturated rings. The molecular weight excluding hydrogens is 368 g/mol. The minimum absolute atomic E-state index is 0. The first-order valence-electron chi connectivity index (χ1n) is 8.76. The Morgan fingerprint density at radius 3 is 1.22 bits per heavy atom. The summed E-state index contributed by atoms with van der Waals surface area (Å²) in [7, 11) is 0. The second kappa shape index (κ2) is 11.5. The van der Waals surface area contributed by atoms with Crippen molar-refractivity contribution in [3.8, 4) is 0 Å². The summed E-state index contributed by atoms with van der Waals surface area (Å²) in [5.74, 6) is -2.17. The predicted molar refractivity (Wildman–Crippen MR) is 105 cm³/mol. The molecule has 0 atom stereocenters. The van der Waals surface area contributed by atoms with Gasteiger partial charge in [0.1, 0.15) is 0 Å². The number of rotatable bonds is 4. The van der Waals surface area contributed by atoms with Gasteiger partial charge < -0.3 is 19.8 Å². The maximum absolute atomic E-state index is 10.7. The van der Waals surface area contributed by atoms with Gasteiger partial charge in [0.15, 0.2) is 0 Å². The van der Waals surface area contributed by atoms with Gasteiger partial charge in [-0.15, -0.1) is 0 Å². The van der Waals surface area contributed by atoms with Crippen molar-refractivity contribution in [1.82, 2.24) is 0 Å². The number of aryl methyl sites for hydroxylation is 2. The van der Waals surface area contributed by atoms with Crippen LogP contribution in [0.4, 0.5) is 0 Å². The van der Waals surface area contributed by atoms with E-state index in [-0.39, 0.29) is 37.7 Å². The van der Waals surface area contributed by atoms with Crippen LogP contribution in [0.1, 0.15) is 67.9 Å².